The Morgan fingerprint density at radius 3 is 2.30 bits per heavy atom. The van der Waals surface area contributed by atoms with Gasteiger partial charge in [0.05, 0.1) is 17.4 Å². The molecule has 0 aliphatic heterocycles. The van der Waals surface area contributed by atoms with Crippen LogP contribution >= 0.6 is 22.6 Å². The highest BCUT2D eigenvalue weighted by Crippen LogP contribution is 2.11. The lowest BCUT2D eigenvalue weighted by Gasteiger charge is -1.94. The Bertz CT molecular complexity index is 666. The zero-order valence-corrected chi connectivity index (χ0v) is 12.5. The Morgan fingerprint density at radius 1 is 1.00 bits per heavy atom. The quantitative estimate of drug-likeness (QED) is 0.352. The normalized spacial score (nSPS) is 11.2. The summed E-state index contributed by atoms with van der Waals surface area (Å²) < 4.78 is 1.10. The Labute approximate surface area is 129 Å². The highest BCUT2D eigenvalue weighted by Gasteiger charge is 2.02. The number of halogens is 1. The fraction of sp³-hybridized carbons (Fsp3) is 0. The summed E-state index contributed by atoms with van der Waals surface area (Å²) in [7, 11) is 0. The van der Waals surface area contributed by atoms with Gasteiger partial charge in [-0.05, 0) is 46.4 Å². The van der Waals surface area contributed by atoms with Crippen molar-refractivity contribution in [2.24, 2.45) is 10.2 Å². The summed E-state index contributed by atoms with van der Waals surface area (Å²) in [6.07, 6.45) is 3.22. The molecule has 5 nitrogen and oxygen atoms in total. The predicted octanol–water partition coefficient (Wildman–Crippen LogP) is 3.65. The van der Waals surface area contributed by atoms with E-state index in [4.69, 9.17) is 0 Å². The summed E-state index contributed by atoms with van der Waals surface area (Å²) in [5.41, 5.74) is 1.81. The van der Waals surface area contributed by atoms with Gasteiger partial charge in [-0.25, -0.2) is 0 Å². The third kappa shape index (κ3) is 3.95. The molecule has 0 saturated carbocycles. The smallest absolute Gasteiger partial charge is 0.258 e. The van der Waals surface area contributed by atoms with Crippen LogP contribution in [0, 0.1) is 13.7 Å². The highest BCUT2D eigenvalue weighted by molar-refractivity contribution is 14.1. The van der Waals surface area contributed by atoms with Crippen LogP contribution in [0.25, 0.3) is 0 Å². The number of nitro groups is 1. The van der Waals surface area contributed by atoms with Gasteiger partial charge in [-0.1, -0.05) is 18.2 Å². The van der Waals surface area contributed by atoms with Crippen LogP contribution < -0.4 is 0 Å². The summed E-state index contributed by atoms with van der Waals surface area (Å²) in [4.78, 5) is 10.1. The molecule has 0 spiro atoms. The number of rotatable bonds is 4. The minimum absolute atomic E-state index is 0.0597. The van der Waals surface area contributed by atoms with Gasteiger partial charge in [0.25, 0.3) is 5.69 Å². The Morgan fingerprint density at radius 2 is 1.65 bits per heavy atom. The van der Waals surface area contributed by atoms with Crippen LogP contribution in [-0.2, 0) is 0 Å². The maximum absolute atomic E-state index is 10.5. The third-order valence-electron chi connectivity index (χ3n) is 2.48. The van der Waals surface area contributed by atoms with Crippen molar-refractivity contribution in [3.05, 3.63) is 73.3 Å². The average molecular weight is 379 g/mol. The molecule has 0 aromatic heterocycles. The molecule has 0 bridgehead atoms. The van der Waals surface area contributed by atoms with E-state index < -0.39 is 4.92 Å². The number of benzene rings is 2. The van der Waals surface area contributed by atoms with Crippen molar-refractivity contribution in [2.75, 3.05) is 0 Å². The van der Waals surface area contributed by atoms with Gasteiger partial charge in [-0.15, -0.1) is 0 Å². The second-order valence-electron chi connectivity index (χ2n) is 3.86. The van der Waals surface area contributed by atoms with Gasteiger partial charge in [-0.3, -0.25) is 10.1 Å². The summed E-state index contributed by atoms with van der Waals surface area (Å²) >= 11 is 2.23. The predicted molar refractivity (Wildman–Crippen MR) is 87.4 cm³/mol. The molecule has 0 aliphatic rings. The fourth-order valence-electron chi connectivity index (χ4n) is 1.46. The minimum Gasteiger partial charge on any atom is -0.258 e. The molecule has 0 aliphatic carbocycles. The molecule has 0 heterocycles. The van der Waals surface area contributed by atoms with Crippen molar-refractivity contribution in [3.63, 3.8) is 0 Å². The van der Waals surface area contributed by atoms with Gasteiger partial charge >= 0.3 is 0 Å². The van der Waals surface area contributed by atoms with Crippen LogP contribution in [0.2, 0.25) is 0 Å². The van der Waals surface area contributed by atoms with Gasteiger partial charge in [0.15, 0.2) is 0 Å². The zero-order valence-electron chi connectivity index (χ0n) is 10.3. The molecule has 0 saturated heterocycles. The maximum Gasteiger partial charge on any atom is 0.269 e. The molecule has 0 N–H and O–H groups in total. The van der Waals surface area contributed by atoms with E-state index in [0.717, 1.165) is 14.7 Å². The zero-order chi connectivity index (χ0) is 14.4. The highest BCUT2D eigenvalue weighted by atomic mass is 127. The van der Waals surface area contributed by atoms with Crippen molar-refractivity contribution in [1.82, 2.24) is 0 Å². The Balaban J connectivity index is 2.03. The van der Waals surface area contributed by atoms with Crippen LogP contribution in [0.1, 0.15) is 11.1 Å². The lowest BCUT2D eigenvalue weighted by molar-refractivity contribution is -0.384. The summed E-state index contributed by atoms with van der Waals surface area (Å²) in [5, 5.41) is 18.4. The maximum atomic E-state index is 10.5. The van der Waals surface area contributed by atoms with E-state index in [1.165, 1.54) is 12.1 Å². The van der Waals surface area contributed by atoms with E-state index in [1.807, 2.05) is 24.3 Å². The van der Waals surface area contributed by atoms with Gasteiger partial charge in [0.1, 0.15) is 0 Å². The second-order valence-corrected chi connectivity index (χ2v) is 5.02. The van der Waals surface area contributed by atoms with Crippen molar-refractivity contribution in [2.45, 2.75) is 0 Å². The molecular weight excluding hydrogens is 369 g/mol. The standard InChI is InChI=1S/C14H10IN3O2/c15-14-4-2-1-3-12(14)10-17-16-9-11-5-7-13(8-6-11)18(19)20/h1-10H/b16-9+,17-10+. The van der Waals surface area contributed by atoms with Crippen LogP contribution in [0.5, 0.6) is 0 Å². The summed E-state index contributed by atoms with van der Waals surface area (Å²) in [5.74, 6) is 0. The van der Waals surface area contributed by atoms with Crippen molar-refractivity contribution in [3.8, 4) is 0 Å². The lowest BCUT2D eigenvalue weighted by atomic mass is 10.2. The summed E-state index contributed by atoms with van der Waals surface area (Å²) in [6, 6.07) is 14.0. The van der Waals surface area contributed by atoms with E-state index in [-0.39, 0.29) is 5.69 Å². The topological polar surface area (TPSA) is 67.9 Å². The number of nitro benzene ring substituents is 1. The van der Waals surface area contributed by atoms with Crippen LogP contribution in [0.3, 0.4) is 0 Å². The van der Waals surface area contributed by atoms with Gasteiger partial charge < -0.3 is 0 Å². The third-order valence-corrected chi connectivity index (χ3v) is 3.46. The largest absolute Gasteiger partial charge is 0.269 e. The molecule has 0 amide bonds. The molecule has 100 valence electrons. The first-order valence-corrected chi connectivity index (χ1v) is 6.80. The molecule has 0 fully saturated rings. The minimum atomic E-state index is -0.434. The second kappa shape index (κ2) is 6.90. The summed E-state index contributed by atoms with van der Waals surface area (Å²) in [6.45, 7) is 0. The van der Waals surface area contributed by atoms with Gasteiger partial charge in [-0.2, -0.15) is 10.2 Å². The molecule has 0 atom stereocenters. The number of hydrogen-bond donors (Lipinski definition) is 0. The van der Waals surface area contributed by atoms with Crippen LogP contribution in [0.4, 0.5) is 5.69 Å². The average Bonchev–Trinajstić information content (AvgIpc) is 2.46. The Kier molecular flexibility index (Phi) is 4.94. The number of non-ortho nitro benzene ring substituents is 1. The first kappa shape index (κ1) is 14.3. The molecule has 2 aromatic rings. The lowest BCUT2D eigenvalue weighted by Crippen LogP contribution is -1.88. The first-order chi connectivity index (χ1) is 9.66. The van der Waals surface area contributed by atoms with Crippen molar-refractivity contribution >= 4 is 40.7 Å². The van der Waals surface area contributed by atoms with E-state index in [9.17, 15) is 10.1 Å². The Hall–Kier alpha value is -2.09. The molecule has 0 radical (unpaired) electrons. The van der Waals surface area contributed by atoms with E-state index in [2.05, 4.69) is 32.8 Å². The molecule has 6 heteroatoms. The fourth-order valence-corrected chi connectivity index (χ4v) is 1.98. The molecular formula is C14H10IN3O2. The van der Waals surface area contributed by atoms with E-state index >= 15 is 0 Å². The molecule has 2 aromatic carbocycles. The first-order valence-electron chi connectivity index (χ1n) is 5.72. The van der Waals surface area contributed by atoms with Gasteiger partial charge in [0, 0.05) is 21.3 Å². The van der Waals surface area contributed by atoms with E-state index in [1.54, 1.807) is 24.6 Å². The van der Waals surface area contributed by atoms with E-state index in [0.29, 0.717) is 0 Å². The van der Waals surface area contributed by atoms with Crippen molar-refractivity contribution in [1.29, 1.82) is 0 Å². The van der Waals surface area contributed by atoms with Crippen LogP contribution in [0.15, 0.2) is 58.7 Å². The molecule has 20 heavy (non-hydrogen) atoms. The molecule has 0 unspecified atom stereocenters. The van der Waals surface area contributed by atoms with Crippen molar-refractivity contribution < 1.29 is 4.92 Å². The monoisotopic (exact) mass is 379 g/mol. The number of hydrogen-bond acceptors (Lipinski definition) is 4. The number of nitrogens with zero attached hydrogens (tertiary/aromatic N) is 3. The van der Waals surface area contributed by atoms with Crippen LogP contribution in [-0.4, -0.2) is 17.4 Å². The SMILES string of the molecule is O=[N+]([O-])c1ccc(/C=N/N=C/c2ccccc2I)cc1. The van der Waals surface area contributed by atoms with Gasteiger partial charge in [0.2, 0.25) is 0 Å². The molecule has 2 rings (SSSR count).